The van der Waals surface area contributed by atoms with Crippen molar-refractivity contribution in [2.45, 2.75) is 6.04 Å². The molecular weight excluding hydrogens is 226 g/mol. The van der Waals surface area contributed by atoms with Crippen LogP contribution in [-0.2, 0) is 9.53 Å². The van der Waals surface area contributed by atoms with E-state index in [1.165, 1.54) is 18.4 Å². The zero-order chi connectivity index (χ0) is 12.0. The van der Waals surface area contributed by atoms with E-state index in [0.717, 1.165) is 18.0 Å². The molecule has 6 heteroatoms. The molecule has 1 aromatic heterocycles. The predicted molar refractivity (Wildman–Crippen MR) is 63.4 cm³/mol. The molecule has 0 aliphatic carbocycles. The molecule has 0 spiro atoms. The van der Waals surface area contributed by atoms with Gasteiger partial charge in [-0.2, -0.15) is 0 Å². The van der Waals surface area contributed by atoms with Crippen LogP contribution in [0, 0.1) is 0 Å². The Morgan fingerprint density at radius 3 is 2.94 bits per heavy atom. The molecule has 0 fully saturated rings. The largest absolute Gasteiger partial charge is 0.468 e. The first-order valence-electron chi connectivity index (χ1n) is 4.99. The van der Waals surface area contributed by atoms with Crippen LogP contribution in [0.25, 0.3) is 0 Å². The molecule has 0 aromatic carbocycles. The molecule has 16 heavy (non-hydrogen) atoms. The van der Waals surface area contributed by atoms with Gasteiger partial charge in [-0.15, -0.1) is 11.3 Å². The number of methoxy groups -OCH3 is 1. The van der Waals surface area contributed by atoms with Gasteiger partial charge in [0, 0.05) is 19.3 Å². The molecule has 0 saturated carbocycles. The summed E-state index contributed by atoms with van der Waals surface area (Å²) in [6.07, 6.45) is 1.69. The first-order valence-corrected chi connectivity index (χ1v) is 5.87. The van der Waals surface area contributed by atoms with Gasteiger partial charge >= 0.3 is 5.97 Å². The Kier molecular flexibility index (Phi) is 5.37. The van der Waals surface area contributed by atoms with Crippen molar-refractivity contribution in [1.29, 1.82) is 0 Å². The number of esters is 1. The zero-order valence-electron chi connectivity index (χ0n) is 9.77. The Morgan fingerprint density at radius 2 is 2.44 bits per heavy atom. The summed E-state index contributed by atoms with van der Waals surface area (Å²) in [5.41, 5.74) is 1.71. The standard InChI is InChI=1S/C10H17N3O2S/c1-13(2)5-4-12-9(10(14)15-3)8-6-11-7-16-8/h6-7,9,12H,4-5H2,1-3H3. The molecule has 1 N–H and O–H groups in total. The molecule has 0 amide bonds. The van der Waals surface area contributed by atoms with Crippen LogP contribution in [0.5, 0.6) is 0 Å². The van der Waals surface area contributed by atoms with Crippen LogP contribution in [0.1, 0.15) is 10.9 Å². The minimum absolute atomic E-state index is 0.275. The normalized spacial score (nSPS) is 12.8. The van der Waals surface area contributed by atoms with Gasteiger partial charge in [-0.25, -0.2) is 4.79 Å². The third kappa shape index (κ3) is 3.88. The number of ether oxygens (including phenoxy) is 1. The quantitative estimate of drug-likeness (QED) is 0.738. The van der Waals surface area contributed by atoms with E-state index in [4.69, 9.17) is 4.74 Å². The fourth-order valence-electron chi connectivity index (χ4n) is 1.22. The smallest absolute Gasteiger partial charge is 0.328 e. The van der Waals surface area contributed by atoms with Crippen molar-refractivity contribution in [1.82, 2.24) is 15.2 Å². The van der Waals surface area contributed by atoms with Crippen molar-refractivity contribution in [2.75, 3.05) is 34.3 Å². The second kappa shape index (κ2) is 6.57. The van der Waals surface area contributed by atoms with Crippen molar-refractivity contribution >= 4 is 17.3 Å². The van der Waals surface area contributed by atoms with E-state index in [2.05, 4.69) is 10.3 Å². The van der Waals surface area contributed by atoms with Crippen molar-refractivity contribution in [3.8, 4) is 0 Å². The number of carbonyl (C=O) groups excluding carboxylic acids is 1. The number of hydrogen-bond acceptors (Lipinski definition) is 6. The van der Waals surface area contributed by atoms with Gasteiger partial charge < -0.3 is 9.64 Å². The topological polar surface area (TPSA) is 54.5 Å². The summed E-state index contributed by atoms with van der Waals surface area (Å²) in [5, 5.41) is 3.16. The Morgan fingerprint density at radius 1 is 1.69 bits per heavy atom. The summed E-state index contributed by atoms with van der Waals surface area (Å²) in [5.74, 6) is -0.275. The van der Waals surface area contributed by atoms with Crippen LogP contribution >= 0.6 is 11.3 Å². The second-order valence-corrected chi connectivity index (χ2v) is 4.54. The van der Waals surface area contributed by atoms with E-state index in [1.807, 2.05) is 19.0 Å². The maximum Gasteiger partial charge on any atom is 0.328 e. The lowest BCUT2D eigenvalue weighted by atomic mass is 10.2. The highest BCUT2D eigenvalue weighted by Crippen LogP contribution is 2.18. The van der Waals surface area contributed by atoms with Crippen molar-refractivity contribution in [3.05, 3.63) is 16.6 Å². The number of likely N-dealkylation sites (N-methyl/N-ethyl adjacent to an activating group) is 1. The van der Waals surface area contributed by atoms with Gasteiger partial charge in [0.15, 0.2) is 0 Å². The van der Waals surface area contributed by atoms with Crippen LogP contribution in [-0.4, -0.2) is 50.1 Å². The molecule has 1 unspecified atom stereocenters. The highest BCUT2D eigenvalue weighted by Gasteiger charge is 2.21. The summed E-state index contributed by atoms with van der Waals surface area (Å²) >= 11 is 1.45. The number of nitrogens with one attached hydrogen (secondary N) is 1. The first-order chi connectivity index (χ1) is 7.65. The van der Waals surface area contributed by atoms with Crippen LogP contribution in [0.4, 0.5) is 0 Å². The Hall–Kier alpha value is -0.980. The lowest BCUT2D eigenvalue weighted by molar-refractivity contribution is -0.143. The van der Waals surface area contributed by atoms with Gasteiger partial charge in [-0.3, -0.25) is 10.3 Å². The molecular formula is C10H17N3O2S. The number of nitrogens with zero attached hydrogens (tertiary/aromatic N) is 2. The van der Waals surface area contributed by atoms with Gasteiger partial charge in [0.1, 0.15) is 6.04 Å². The maximum absolute atomic E-state index is 11.6. The van der Waals surface area contributed by atoms with E-state index in [-0.39, 0.29) is 5.97 Å². The number of rotatable bonds is 6. The summed E-state index contributed by atoms with van der Waals surface area (Å²) in [4.78, 5) is 18.5. The summed E-state index contributed by atoms with van der Waals surface area (Å²) in [6.45, 7) is 1.59. The number of aromatic nitrogens is 1. The number of thiazole rings is 1. The average Bonchev–Trinajstić information content (AvgIpc) is 2.76. The molecule has 1 atom stereocenters. The average molecular weight is 243 g/mol. The maximum atomic E-state index is 11.6. The zero-order valence-corrected chi connectivity index (χ0v) is 10.6. The number of carbonyl (C=O) groups is 1. The van der Waals surface area contributed by atoms with Gasteiger partial charge in [0.25, 0.3) is 0 Å². The summed E-state index contributed by atoms with van der Waals surface area (Å²) in [6, 6.07) is -0.405. The van der Waals surface area contributed by atoms with Crippen LogP contribution < -0.4 is 5.32 Å². The first kappa shape index (κ1) is 13.1. The van der Waals surface area contributed by atoms with Crippen molar-refractivity contribution in [3.63, 3.8) is 0 Å². The fourth-order valence-corrected chi connectivity index (χ4v) is 1.90. The molecule has 0 radical (unpaired) electrons. The van der Waals surface area contributed by atoms with Crippen LogP contribution in [0.3, 0.4) is 0 Å². The highest BCUT2D eigenvalue weighted by atomic mass is 32.1. The van der Waals surface area contributed by atoms with Gasteiger partial charge in [-0.05, 0) is 14.1 Å². The van der Waals surface area contributed by atoms with Gasteiger partial charge in [-0.1, -0.05) is 0 Å². The minimum Gasteiger partial charge on any atom is -0.468 e. The minimum atomic E-state index is -0.405. The highest BCUT2D eigenvalue weighted by molar-refractivity contribution is 7.09. The third-order valence-electron chi connectivity index (χ3n) is 2.08. The molecule has 0 aliphatic rings. The number of hydrogen-bond donors (Lipinski definition) is 1. The van der Waals surface area contributed by atoms with Gasteiger partial charge in [0.2, 0.25) is 0 Å². The summed E-state index contributed by atoms with van der Waals surface area (Å²) in [7, 11) is 5.37. The third-order valence-corrected chi connectivity index (χ3v) is 2.92. The van der Waals surface area contributed by atoms with E-state index in [9.17, 15) is 4.79 Å². The molecule has 1 heterocycles. The molecule has 0 aliphatic heterocycles. The van der Waals surface area contributed by atoms with Crippen LogP contribution in [0.15, 0.2) is 11.7 Å². The molecule has 5 nitrogen and oxygen atoms in total. The van der Waals surface area contributed by atoms with E-state index < -0.39 is 6.04 Å². The van der Waals surface area contributed by atoms with Gasteiger partial charge in [0.05, 0.1) is 17.5 Å². The Balaban J connectivity index is 2.55. The fraction of sp³-hybridized carbons (Fsp3) is 0.600. The molecule has 90 valence electrons. The van der Waals surface area contributed by atoms with Crippen molar-refractivity contribution < 1.29 is 9.53 Å². The molecule has 0 saturated heterocycles. The van der Waals surface area contributed by atoms with E-state index >= 15 is 0 Å². The molecule has 0 bridgehead atoms. The molecule has 1 aromatic rings. The Bertz CT molecular complexity index is 314. The van der Waals surface area contributed by atoms with Crippen LogP contribution in [0.2, 0.25) is 0 Å². The lowest BCUT2D eigenvalue weighted by Crippen LogP contribution is -2.34. The second-order valence-electron chi connectivity index (χ2n) is 3.62. The molecule has 1 rings (SSSR count). The van der Waals surface area contributed by atoms with E-state index in [1.54, 1.807) is 11.7 Å². The van der Waals surface area contributed by atoms with Crippen molar-refractivity contribution in [2.24, 2.45) is 0 Å². The Labute approximate surface area is 99.4 Å². The monoisotopic (exact) mass is 243 g/mol. The predicted octanol–water partition coefficient (Wildman–Crippen LogP) is 0.508. The summed E-state index contributed by atoms with van der Waals surface area (Å²) < 4.78 is 4.76. The lowest BCUT2D eigenvalue weighted by Gasteiger charge is -2.16. The SMILES string of the molecule is COC(=O)C(NCCN(C)C)c1cncs1. The van der Waals surface area contributed by atoms with E-state index in [0.29, 0.717) is 0 Å².